The third-order valence-corrected chi connectivity index (χ3v) is 5.58. The smallest absolute Gasteiger partial charge is 0.150 e. The molecule has 1 aliphatic rings. The summed E-state index contributed by atoms with van der Waals surface area (Å²) >= 11 is 0. The maximum Gasteiger partial charge on any atom is 0.150 e. The van der Waals surface area contributed by atoms with E-state index in [4.69, 9.17) is 4.74 Å². The molecule has 3 atom stereocenters. The summed E-state index contributed by atoms with van der Waals surface area (Å²) in [6.07, 6.45) is 6.13. The van der Waals surface area contributed by atoms with Crippen LogP contribution in [0.2, 0.25) is 0 Å². The summed E-state index contributed by atoms with van der Waals surface area (Å²) in [6, 6.07) is 0.388. The number of nitrogens with one attached hydrogen (secondary N) is 1. The van der Waals surface area contributed by atoms with E-state index in [1.165, 1.54) is 6.26 Å². The van der Waals surface area contributed by atoms with Gasteiger partial charge < -0.3 is 10.1 Å². The second kappa shape index (κ2) is 7.46. The first kappa shape index (κ1) is 15.9. The predicted octanol–water partition coefficient (Wildman–Crippen LogP) is 1.60. The third-order valence-electron chi connectivity index (χ3n) is 3.94. The molecule has 1 fully saturated rings. The maximum absolute atomic E-state index is 11.7. The van der Waals surface area contributed by atoms with E-state index in [-0.39, 0.29) is 5.25 Å². The van der Waals surface area contributed by atoms with Crippen LogP contribution in [0, 0.1) is 5.92 Å². The molecule has 0 aliphatic heterocycles. The van der Waals surface area contributed by atoms with Crippen LogP contribution in [-0.4, -0.2) is 46.2 Å². The number of methoxy groups -OCH3 is 1. The van der Waals surface area contributed by atoms with Crippen LogP contribution in [0.3, 0.4) is 0 Å². The highest BCUT2D eigenvalue weighted by molar-refractivity contribution is 7.91. The average Bonchev–Trinajstić information content (AvgIpc) is 2.33. The molecule has 3 unspecified atom stereocenters. The Balaban J connectivity index is 2.61. The van der Waals surface area contributed by atoms with Crippen LogP contribution in [0.25, 0.3) is 0 Å². The number of sulfone groups is 1. The fourth-order valence-electron chi connectivity index (χ4n) is 2.95. The molecule has 0 aromatic carbocycles. The standard InChI is InChI=1S/C13H27NO3S/c1-4-14-13(8-9-17-2)11-6-5-7-12(10-11)18(3,15)16/h11-14H,4-10H2,1-3H3. The molecular formula is C13H27NO3S. The highest BCUT2D eigenvalue weighted by Gasteiger charge is 2.32. The minimum atomic E-state index is -2.89. The van der Waals surface area contributed by atoms with Gasteiger partial charge in [0.2, 0.25) is 0 Å². The van der Waals surface area contributed by atoms with Crippen LogP contribution < -0.4 is 5.32 Å². The van der Waals surface area contributed by atoms with Gasteiger partial charge in [-0.05, 0) is 38.1 Å². The van der Waals surface area contributed by atoms with Crippen molar-refractivity contribution in [3.05, 3.63) is 0 Å². The Morgan fingerprint density at radius 2 is 2.11 bits per heavy atom. The molecule has 0 aromatic rings. The molecule has 1 saturated carbocycles. The fourth-order valence-corrected chi connectivity index (χ4v) is 4.14. The van der Waals surface area contributed by atoms with Crippen LogP contribution in [0.4, 0.5) is 0 Å². The normalized spacial score (nSPS) is 27.1. The van der Waals surface area contributed by atoms with Gasteiger partial charge >= 0.3 is 0 Å². The summed E-state index contributed by atoms with van der Waals surface area (Å²) in [5.74, 6) is 0.466. The maximum atomic E-state index is 11.7. The summed E-state index contributed by atoms with van der Waals surface area (Å²) < 4.78 is 28.5. The molecule has 1 N–H and O–H groups in total. The molecule has 18 heavy (non-hydrogen) atoms. The first-order valence-corrected chi connectivity index (χ1v) is 8.85. The minimum absolute atomic E-state index is 0.139. The van der Waals surface area contributed by atoms with Gasteiger partial charge in [-0.2, -0.15) is 0 Å². The van der Waals surface area contributed by atoms with Crippen molar-refractivity contribution in [1.82, 2.24) is 5.32 Å². The summed E-state index contributed by atoms with van der Waals surface area (Å²) in [7, 11) is -1.18. The number of rotatable bonds is 7. The Morgan fingerprint density at radius 3 is 2.67 bits per heavy atom. The van der Waals surface area contributed by atoms with Crippen LogP contribution in [0.5, 0.6) is 0 Å². The lowest BCUT2D eigenvalue weighted by atomic mass is 9.82. The molecule has 0 spiro atoms. The van der Waals surface area contributed by atoms with Gasteiger partial charge in [0.1, 0.15) is 9.84 Å². The highest BCUT2D eigenvalue weighted by atomic mass is 32.2. The number of hydrogen-bond acceptors (Lipinski definition) is 4. The number of ether oxygens (including phenoxy) is 1. The SMILES string of the molecule is CCNC(CCOC)C1CCCC(S(C)(=O)=O)C1. The van der Waals surface area contributed by atoms with Gasteiger partial charge in [0.15, 0.2) is 0 Å². The van der Waals surface area contributed by atoms with E-state index < -0.39 is 9.84 Å². The highest BCUT2D eigenvalue weighted by Crippen LogP contribution is 2.31. The first-order chi connectivity index (χ1) is 8.49. The predicted molar refractivity (Wildman–Crippen MR) is 74.5 cm³/mol. The van der Waals surface area contributed by atoms with E-state index >= 15 is 0 Å². The van der Waals surface area contributed by atoms with Gasteiger partial charge in [-0.25, -0.2) is 8.42 Å². The largest absolute Gasteiger partial charge is 0.385 e. The Labute approximate surface area is 111 Å². The molecule has 1 rings (SSSR count). The monoisotopic (exact) mass is 277 g/mol. The van der Waals surface area contributed by atoms with Crippen molar-refractivity contribution in [2.24, 2.45) is 5.92 Å². The molecule has 0 heterocycles. The van der Waals surface area contributed by atoms with Gasteiger partial charge in [0.05, 0.1) is 5.25 Å². The lowest BCUT2D eigenvalue weighted by Crippen LogP contribution is -2.41. The van der Waals surface area contributed by atoms with Crippen LogP contribution in [0.15, 0.2) is 0 Å². The lowest BCUT2D eigenvalue weighted by molar-refractivity contribution is 0.160. The second-order valence-electron chi connectivity index (χ2n) is 5.32. The summed E-state index contributed by atoms with van der Waals surface area (Å²) in [5, 5.41) is 3.35. The van der Waals surface area contributed by atoms with E-state index in [0.29, 0.717) is 12.0 Å². The van der Waals surface area contributed by atoms with Crippen molar-refractivity contribution in [3.8, 4) is 0 Å². The van der Waals surface area contributed by atoms with Crippen LogP contribution in [-0.2, 0) is 14.6 Å². The quantitative estimate of drug-likeness (QED) is 0.768. The zero-order valence-electron chi connectivity index (χ0n) is 11.8. The zero-order valence-corrected chi connectivity index (χ0v) is 12.6. The fraction of sp³-hybridized carbons (Fsp3) is 1.00. The Bertz CT molecular complexity index is 329. The Morgan fingerprint density at radius 1 is 1.39 bits per heavy atom. The van der Waals surface area contributed by atoms with Gasteiger partial charge in [0, 0.05) is 26.0 Å². The van der Waals surface area contributed by atoms with Crippen molar-refractivity contribution < 1.29 is 13.2 Å². The zero-order chi connectivity index (χ0) is 13.6. The van der Waals surface area contributed by atoms with Crippen molar-refractivity contribution >= 4 is 9.84 Å². The van der Waals surface area contributed by atoms with E-state index in [1.54, 1.807) is 7.11 Å². The Hall–Kier alpha value is -0.130. The minimum Gasteiger partial charge on any atom is -0.385 e. The summed E-state index contributed by atoms with van der Waals surface area (Å²) in [4.78, 5) is 0. The molecule has 0 aromatic heterocycles. The molecule has 5 heteroatoms. The molecule has 108 valence electrons. The van der Waals surface area contributed by atoms with E-state index in [1.807, 2.05) is 0 Å². The second-order valence-corrected chi connectivity index (χ2v) is 7.65. The first-order valence-electron chi connectivity index (χ1n) is 6.90. The number of hydrogen-bond donors (Lipinski definition) is 1. The van der Waals surface area contributed by atoms with Crippen LogP contribution in [0.1, 0.15) is 39.0 Å². The van der Waals surface area contributed by atoms with Crippen LogP contribution >= 0.6 is 0 Å². The van der Waals surface area contributed by atoms with Gasteiger partial charge in [-0.15, -0.1) is 0 Å². The third kappa shape index (κ3) is 4.86. The van der Waals surface area contributed by atoms with Gasteiger partial charge in [0.25, 0.3) is 0 Å². The van der Waals surface area contributed by atoms with E-state index in [0.717, 1.165) is 45.3 Å². The molecule has 0 amide bonds. The van der Waals surface area contributed by atoms with E-state index in [2.05, 4.69) is 12.2 Å². The molecule has 4 nitrogen and oxygen atoms in total. The van der Waals surface area contributed by atoms with Gasteiger partial charge in [-0.3, -0.25) is 0 Å². The summed E-state index contributed by atoms with van der Waals surface area (Å²) in [5.41, 5.74) is 0. The van der Waals surface area contributed by atoms with Crippen molar-refractivity contribution in [2.75, 3.05) is 26.5 Å². The summed E-state index contributed by atoms with van der Waals surface area (Å²) in [6.45, 7) is 3.75. The average molecular weight is 277 g/mol. The van der Waals surface area contributed by atoms with Gasteiger partial charge in [-0.1, -0.05) is 13.3 Å². The van der Waals surface area contributed by atoms with Crippen molar-refractivity contribution in [2.45, 2.75) is 50.3 Å². The molecule has 0 radical (unpaired) electrons. The Kier molecular flexibility index (Phi) is 6.60. The van der Waals surface area contributed by atoms with Crippen molar-refractivity contribution in [3.63, 3.8) is 0 Å². The topological polar surface area (TPSA) is 55.4 Å². The lowest BCUT2D eigenvalue weighted by Gasteiger charge is -2.34. The van der Waals surface area contributed by atoms with Crippen molar-refractivity contribution in [1.29, 1.82) is 0 Å². The molecule has 0 bridgehead atoms. The molecule has 1 aliphatic carbocycles. The molecule has 0 saturated heterocycles. The van der Waals surface area contributed by atoms with E-state index in [9.17, 15) is 8.42 Å². The molecular weight excluding hydrogens is 250 g/mol.